The largest absolute Gasteiger partial charge is 0.405 e. The Hall–Kier alpha value is -1.44. The minimum absolute atomic E-state index is 0.144. The van der Waals surface area contributed by atoms with Crippen LogP contribution < -0.4 is 10.6 Å². The summed E-state index contributed by atoms with van der Waals surface area (Å²) in [6.45, 7) is 0.247. The maximum atomic E-state index is 12.5. The first-order chi connectivity index (χ1) is 8.80. The van der Waals surface area contributed by atoms with Crippen molar-refractivity contribution in [1.82, 2.24) is 9.78 Å². The highest BCUT2D eigenvalue weighted by atomic mass is 19.4. The van der Waals surface area contributed by atoms with Crippen LogP contribution in [0.2, 0.25) is 0 Å². The molecule has 0 bridgehead atoms. The van der Waals surface area contributed by atoms with E-state index in [4.69, 9.17) is 10.8 Å². The van der Waals surface area contributed by atoms with E-state index in [0.717, 1.165) is 11.3 Å². The van der Waals surface area contributed by atoms with Crippen LogP contribution in [-0.2, 0) is 13.5 Å². The third-order valence-electron chi connectivity index (χ3n) is 2.66. The Balaban J connectivity index is 3.08. The second kappa shape index (κ2) is 6.14. The molecule has 1 heterocycles. The first-order valence-corrected chi connectivity index (χ1v) is 6.04. The molecule has 5 nitrogen and oxygen atoms in total. The van der Waals surface area contributed by atoms with Crippen molar-refractivity contribution in [3.63, 3.8) is 0 Å². The van der Waals surface area contributed by atoms with Gasteiger partial charge in [0, 0.05) is 13.6 Å². The number of rotatable bonds is 6. The Kier molecular flexibility index (Phi) is 5.04. The van der Waals surface area contributed by atoms with Crippen molar-refractivity contribution in [2.24, 2.45) is 7.05 Å². The van der Waals surface area contributed by atoms with Gasteiger partial charge in [0.2, 0.25) is 0 Å². The predicted molar refractivity (Wildman–Crippen MR) is 67.0 cm³/mol. The van der Waals surface area contributed by atoms with Gasteiger partial charge in [0.05, 0.1) is 18.0 Å². The topological polar surface area (TPSA) is 67.3 Å². The van der Waals surface area contributed by atoms with E-state index in [2.05, 4.69) is 5.10 Å². The SMILES string of the molecule is CCCc1nn(C)c(N(CCO)CC(F)(F)F)c1N. The molecule has 0 aromatic carbocycles. The molecule has 0 spiro atoms. The van der Waals surface area contributed by atoms with Gasteiger partial charge in [-0.1, -0.05) is 13.3 Å². The van der Waals surface area contributed by atoms with Gasteiger partial charge in [-0.2, -0.15) is 18.3 Å². The fourth-order valence-electron chi connectivity index (χ4n) is 1.98. The van der Waals surface area contributed by atoms with E-state index < -0.39 is 12.7 Å². The number of hydrogen-bond acceptors (Lipinski definition) is 4. The molecule has 1 aromatic heterocycles. The summed E-state index contributed by atoms with van der Waals surface area (Å²) >= 11 is 0. The lowest BCUT2D eigenvalue weighted by Crippen LogP contribution is -2.37. The molecule has 1 rings (SSSR count). The number of aliphatic hydroxyl groups is 1. The molecule has 0 saturated heterocycles. The number of nitrogens with two attached hydrogens (primary N) is 1. The van der Waals surface area contributed by atoms with Gasteiger partial charge in [0.1, 0.15) is 6.54 Å². The van der Waals surface area contributed by atoms with Crippen LogP contribution in [0.1, 0.15) is 19.0 Å². The number of anilines is 2. The van der Waals surface area contributed by atoms with Crippen LogP contribution in [0.15, 0.2) is 0 Å². The van der Waals surface area contributed by atoms with Crippen molar-refractivity contribution >= 4 is 11.5 Å². The zero-order valence-electron chi connectivity index (χ0n) is 11.0. The van der Waals surface area contributed by atoms with Crippen LogP contribution in [-0.4, -0.2) is 40.8 Å². The number of aromatic nitrogens is 2. The molecular weight excluding hydrogens is 261 g/mol. The van der Waals surface area contributed by atoms with Gasteiger partial charge in [0.15, 0.2) is 5.82 Å². The molecule has 0 fully saturated rings. The standard InChI is InChI=1S/C11H19F3N4O/c1-3-4-8-9(15)10(17(2)16-8)18(5-6-19)7-11(12,13)14/h19H,3-7,15H2,1-2H3. The van der Waals surface area contributed by atoms with Gasteiger partial charge in [-0.15, -0.1) is 0 Å². The van der Waals surface area contributed by atoms with Crippen molar-refractivity contribution in [2.45, 2.75) is 25.9 Å². The van der Waals surface area contributed by atoms with Crippen LogP contribution in [0.3, 0.4) is 0 Å². The summed E-state index contributed by atoms with van der Waals surface area (Å²) in [7, 11) is 1.55. The number of nitrogen functional groups attached to an aromatic ring is 1. The zero-order valence-corrected chi connectivity index (χ0v) is 11.0. The summed E-state index contributed by atoms with van der Waals surface area (Å²) in [5, 5.41) is 13.0. The van der Waals surface area contributed by atoms with Gasteiger partial charge in [0.25, 0.3) is 0 Å². The van der Waals surface area contributed by atoms with Crippen molar-refractivity contribution in [3.8, 4) is 0 Å². The summed E-state index contributed by atoms with van der Waals surface area (Å²) in [4.78, 5) is 1.00. The maximum Gasteiger partial charge on any atom is 0.405 e. The molecule has 8 heteroatoms. The fourth-order valence-corrected chi connectivity index (χ4v) is 1.98. The molecule has 0 aliphatic carbocycles. The molecule has 19 heavy (non-hydrogen) atoms. The first kappa shape index (κ1) is 15.6. The van der Waals surface area contributed by atoms with Crippen LogP contribution in [0.5, 0.6) is 0 Å². The smallest absolute Gasteiger partial charge is 0.395 e. The highest BCUT2D eigenvalue weighted by Gasteiger charge is 2.33. The number of halogens is 3. The van der Waals surface area contributed by atoms with E-state index >= 15 is 0 Å². The van der Waals surface area contributed by atoms with Gasteiger partial charge < -0.3 is 15.7 Å². The molecule has 1 aromatic rings. The van der Waals surface area contributed by atoms with E-state index in [0.29, 0.717) is 12.1 Å². The first-order valence-electron chi connectivity index (χ1n) is 6.04. The highest BCUT2D eigenvalue weighted by molar-refractivity contribution is 5.66. The number of aliphatic hydroxyl groups excluding tert-OH is 1. The molecule has 0 amide bonds. The van der Waals surface area contributed by atoms with Crippen LogP contribution in [0.4, 0.5) is 24.7 Å². The lowest BCUT2D eigenvalue weighted by molar-refractivity contribution is -0.120. The van der Waals surface area contributed by atoms with Crippen molar-refractivity contribution in [1.29, 1.82) is 0 Å². The summed E-state index contributed by atoms with van der Waals surface area (Å²) in [6.07, 6.45) is -2.95. The van der Waals surface area contributed by atoms with E-state index in [-0.39, 0.29) is 24.7 Å². The second-order valence-corrected chi connectivity index (χ2v) is 4.32. The van der Waals surface area contributed by atoms with E-state index in [9.17, 15) is 13.2 Å². The lowest BCUT2D eigenvalue weighted by Gasteiger charge is -2.25. The van der Waals surface area contributed by atoms with Gasteiger partial charge in [-0.25, -0.2) is 0 Å². The van der Waals surface area contributed by atoms with Crippen LogP contribution >= 0.6 is 0 Å². The third kappa shape index (κ3) is 4.02. The molecule has 0 saturated carbocycles. The number of nitrogens with zero attached hydrogens (tertiary/aromatic N) is 3. The number of alkyl halides is 3. The molecular formula is C11H19F3N4O. The Labute approximate surface area is 109 Å². The Morgan fingerprint density at radius 3 is 2.53 bits per heavy atom. The van der Waals surface area contributed by atoms with Gasteiger partial charge in [-0.3, -0.25) is 4.68 Å². The normalized spacial score (nSPS) is 11.9. The van der Waals surface area contributed by atoms with E-state index in [1.165, 1.54) is 4.68 Å². The average molecular weight is 280 g/mol. The number of hydrogen-bond donors (Lipinski definition) is 2. The van der Waals surface area contributed by atoms with E-state index in [1.54, 1.807) is 7.05 Å². The summed E-state index contributed by atoms with van der Waals surface area (Å²) in [5.74, 6) is 0.204. The fraction of sp³-hybridized carbons (Fsp3) is 0.727. The molecule has 3 N–H and O–H groups in total. The molecule has 0 atom stereocenters. The monoisotopic (exact) mass is 280 g/mol. The maximum absolute atomic E-state index is 12.5. The molecule has 0 aliphatic rings. The summed E-state index contributed by atoms with van der Waals surface area (Å²) in [6, 6.07) is 0. The predicted octanol–water partition coefficient (Wildman–Crippen LogP) is 1.32. The number of aryl methyl sites for hydroxylation is 2. The zero-order chi connectivity index (χ0) is 14.6. The molecule has 0 unspecified atom stereocenters. The molecule has 110 valence electrons. The van der Waals surface area contributed by atoms with Crippen LogP contribution in [0, 0.1) is 0 Å². The van der Waals surface area contributed by atoms with Gasteiger partial charge in [-0.05, 0) is 6.42 Å². The molecule has 0 aliphatic heterocycles. The molecule has 0 radical (unpaired) electrons. The van der Waals surface area contributed by atoms with Crippen molar-refractivity contribution < 1.29 is 18.3 Å². The van der Waals surface area contributed by atoms with Gasteiger partial charge >= 0.3 is 6.18 Å². The minimum Gasteiger partial charge on any atom is -0.395 e. The third-order valence-corrected chi connectivity index (χ3v) is 2.66. The van der Waals surface area contributed by atoms with E-state index in [1.807, 2.05) is 6.92 Å². The summed E-state index contributed by atoms with van der Waals surface area (Å²) in [5.41, 5.74) is 6.71. The second-order valence-electron chi connectivity index (χ2n) is 4.32. The van der Waals surface area contributed by atoms with Crippen LogP contribution in [0.25, 0.3) is 0 Å². The summed E-state index contributed by atoms with van der Waals surface area (Å²) < 4.78 is 39.0. The average Bonchev–Trinajstić information content (AvgIpc) is 2.52. The quantitative estimate of drug-likeness (QED) is 0.824. The Morgan fingerprint density at radius 1 is 1.42 bits per heavy atom. The lowest BCUT2D eigenvalue weighted by atomic mass is 10.2. The van der Waals surface area contributed by atoms with Crippen molar-refractivity contribution in [3.05, 3.63) is 5.69 Å². The highest BCUT2D eigenvalue weighted by Crippen LogP contribution is 2.29. The van der Waals surface area contributed by atoms with Crippen molar-refractivity contribution in [2.75, 3.05) is 30.3 Å². The Morgan fingerprint density at radius 2 is 2.05 bits per heavy atom. The Bertz CT molecular complexity index is 417. The minimum atomic E-state index is -4.36.